The summed E-state index contributed by atoms with van der Waals surface area (Å²) in [7, 11) is -2.40. The van der Waals surface area contributed by atoms with Gasteiger partial charge in [-0.3, -0.25) is 4.31 Å². The van der Waals surface area contributed by atoms with Crippen LogP contribution in [0.4, 0.5) is 10.1 Å². The van der Waals surface area contributed by atoms with Gasteiger partial charge in [0, 0.05) is 19.2 Å². The van der Waals surface area contributed by atoms with Gasteiger partial charge in [0.25, 0.3) is 10.0 Å². The van der Waals surface area contributed by atoms with Crippen molar-refractivity contribution in [1.82, 2.24) is 0 Å². The molecule has 0 amide bonds. The minimum absolute atomic E-state index is 0.0608. The molecule has 2 rings (SSSR count). The highest BCUT2D eigenvalue weighted by atomic mass is 32.2. The Kier molecular flexibility index (Phi) is 4.29. The summed E-state index contributed by atoms with van der Waals surface area (Å²) >= 11 is 0. The summed E-state index contributed by atoms with van der Waals surface area (Å²) in [6, 6.07) is 11.3. The Bertz CT molecular complexity index is 746. The number of hydrogen-bond acceptors (Lipinski definition) is 3. The molecule has 2 N–H and O–H groups in total. The van der Waals surface area contributed by atoms with E-state index in [1.807, 2.05) is 0 Å². The van der Waals surface area contributed by atoms with Crippen LogP contribution < -0.4 is 10.0 Å². The van der Waals surface area contributed by atoms with Gasteiger partial charge in [-0.2, -0.15) is 0 Å². The lowest BCUT2D eigenvalue weighted by atomic mass is 10.1. The number of nitrogens with zero attached hydrogens (tertiary/aromatic N) is 1. The zero-order valence-corrected chi connectivity index (χ0v) is 12.7. The Hall–Kier alpha value is -1.92. The van der Waals surface area contributed by atoms with Crippen LogP contribution >= 0.6 is 0 Å². The number of hydrogen-bond donors (Lipinski definition) is 1. The maximum Gasteiger partial charge on any atom is 0.264 e. The molecule has 2 aromatic carbocycles. The Morgan fingerprint density at radius 3 is 2.38 bits per heavy atom. The van der Waals surface area contributed by atoms with E-state index < -0.39 is 15.8 Å². The van der Waals surface area contributed by atoms with Gasteiger partial charge in [0.15, 0.2) is 0 Å². The summed E-state index contributed by atoms with van der Waals surface area (Å²) in [5.74, 6) is -0.571. The third-order valence-corrected chi connectivity index (χ3v) is 5.26. The van der Waals surface area contributed by atoms with E-state index in [0.717, 1.165) is 4.31 Å². The van der Waals surface area contributed by atoms with Crippen LogP contribution in [0.15, 0.2) is 47.4 Å². The zero-order valence-electron chi connectivity index (χ0n) is 11.9. The van der Waals surface area contributed by atoms with Crippen molar-refractivity contribution in [1.29, 1.82) is 0 Å². The van der Waals surface area contributed by atoms with Gasteiger partial charge in [-0.25, -0.2) is 12.8 Å². The molecule has 0 unspecified atom stereocenters. The number of para-hydroxylation sites is 1. The summed E-state index contributed by atoms with van der Waals surface area (Å²) in [6.45, 7) is 1.52. The van der Waals surface area contributed by atoms with E-state index in [1.165, 1.54) is 26.1 Å². The van der Waals surface area contributed by atoms with E-state index in [9.17, 15) is 12.8 Å². The topological polar surface area (TPSA) is 63.4 Å². The van der Waals surface area contributed by atoms with Gasteiger partial charge < -0.3 is 5.73 Å². The predicted molar refractivity (Wildman–Crippen MR) is 81.1 cm³/mol. The molecule has 0 bridgehead atoms. The Balaban J connectivity index is 2.57. The molecule has 0 saturated heterocycles. The molecule has 0 aromatic heterocycles. The molecule has 0 atom stereocenters. The Morgan fingerprint density at radius 1 is 1.19 bits per heavy atom. The number of anilines is 1. The highest BCUT2D eigenvalue weighted by Gasteiger charge is 2.25. The molecule has 0 saturated carbocycles. The largest absolute Gasteiger partial charge is 0.326 e. The van der Waals surface area contributed by atoms with Gasteiger partial charge in [-0.15, -0.1) is 0 Å². The SMILES string of the molecule is Cc1c(F)cc(CN)cc1S(=O)(=O)N(C)c1ccccc1. The van der Waals surface area contributed by atoms with Crippen LogP contribution in [0, 0.1) is 12.7 Å². The van der Waals surface area contributed by atoms with E-state index in [4.69, 9.17) is 5.73 Å². The lowest BCUT2D eigenvalue weighted by molar-refractivity contribution is 0.584. The quantitative estimate of drug-likeness (QED) is 0.943. The minimum atomic E-state index is -3.84. The summed E-state index contributed by atoms with van der Waals surface area (Å²) in [4.78, 5) is -0.0608. The van der Waals surface area contributed by atoms with Crippen LogP contribution in [0.25, 0.3) is 0 Å². The van der Waals surface area contributed by atoms with Crippen molar-refractivity contribution in [2.24, 2.45) is 5.73 Å². The second kappa shape index (κ2) is 5.83. The second-order valence-electron chi connectivity index (χ2n) is 4.71. The summed E-state index contributed by atoms with van der Waals surface area (Å²) < 4.78 is 40.4. The Labute approximate surface area is 124 Å². The first-order valence-electron chi connectivity index (χ1n) is 6.41. The Morgan fingerprint density at radius 2 is 1.81 bits per heavy atom. The third-order valence-electron chi connectivity index (χ3n) is 3.35. The average molecular weight is 308 g/mol. The molecule has 0 aliphatic rings. The highest BCUT2D eigenvalue weighted by Crippen LogP contribution is 2.26. The number of benzene rings is 2. The van der Waals surface area contributed by atoms with Crippen LogP contribution in [0.2, 0.25) is 0 Å². The van der Waals surface area contributed by atoms with Crippen LogP contribution in [-0.2, 0) is 16.6 Å². The first-order chi connectivity index (χ1) is 9.87. The average Bonchev–Trinajstić information content (AvgIpc) is 2.49. The fourth-order valence-electron chi connectivity index (χ4n) is 2.02. The van der Waals surface area contributed by atoms with Gasteiger partial charge in [-0.05, 0) is 36.8 Å². The van der Waals surface area contributed by atoms with Crippen molar-refractivity contribution in [3.63, 3.8) is 0 Å². The zero-order chi connectivity index (χ0) is 15.6. The normalized spacial score (nSPS) is 11.4. The molecule has 2 aromatic rings. The van der Waals surface area contributed by atoms with Crippen LogP contribution in [0.1, 0.15) is 11.1 Å². The fraction of sp³-hybridized carbons (Fsp3) is 0.200. The van der Waals surface area contributed by atoms with Gasteiger partial charge in [0.05, 0.1) is 10.6 Å². The standard InChI is InChI=1S/C15H17FN2O2S/c1-11-14(16)8-12(10-17)9-15(11)21(19,20)18(2)13-6-4-3-5-7-13/h3-9H,10,17H2,1-2H3. The molecule has 112 valence electrons. The smallest absolute Gasteiger partial charge is 0.264 e. The molecule has 6 heteroatoms. The molecule has 21 heavy (non-hydrogen) atoms. The van der Waals surface area contributed by atoms with E-state index in [0.29, 0.717) is 11.3 Å². The molecule has 0 heterocycles. The van der Waals surface area contributed by atoms with Crippen molar-refractivity contribution in [2.75, 3.05) is 11.4 Å². The van der Waals surface area contributed by atoms with Gasteiger partial charge in [0.1, 0.15) is 5.82 Å². The first kappa shape index (κ1) is 15.5. The predicted octanol–water partition coefficient (Wildman–Crippen LogP) is 2.42. The highest BCUT2D eigenvalue weighted by molar-refractivity contribution is 7.92. The van der Waals surface area contributed by atoms with Crippen molar-refractivity contribution in [2.45, 2.75) is 18.4 Å². The van der Waals surface area contributed by atoms with Crippen molar-refractivity contribution in [3.8, 4) is 0 Å². The maximum absolute atomic E-state index is 13.9. The number of rotatable bonds is 4. The van der Waals surface area contributed by atoms with Crippen LogP contribution in [0.3, 0.4) is 0 Å². The lowest BCUT2D eigenvalue weighted by Crippen LogP contribution is -2.27. The maximum atomic E-state index is 13.9. The molecule has 0 fully saturated rings. The van der Waals surface area contributed by atoms with Crippen LogP contribution in [0.5, 0.6) is 0 Å². The molecule has 4 nitrogen and oxygen atoms in total. The van der Waals surface area contributed by atoms with E-state index in [-0.39, 0.29) is 17.0 Å². The number of sulfonamides is 1. The van der Waals surface area contributed by atoms with Gasteiger partial charge >= 0.3 is 0 Å². The molecule has 0 radical (unpaired) electrons. The van der Waals surface area contributed by atoms with Gasteiger partial charge in [0.2, 0.25) is 0 Å². The van der Waals surface area contributed by atoms with Crippen LogP contribution in [-0.4, -0.2) is 15.5 Å². The third kappa shape index (κ3) is 2.91. The summed E-state index contributed by atoms with van der Waals surface area (Å²) in [5.41, 5.74) is 6.54. The van der Waals surface area contributed by atoms with E-state index >= 15 is 0 Å². The fourth-order valence-corrected chi connectivity index (χ4v) is 3.50. The van der Waals surface area contributed by atoms with Crippen molar-refractivity contribution in [3.05, 3.63) is 59.4 Å². The molecule has 0 spiro atoms. The lowest BCUT2D eigenvalue weighted by Gasteiger charge is -2.21. The molecular weight excluding hydrogens is 291 g/mol. The monoisotopic (exact) mass is 308 g/mol. The number of halogens is 1. The minimum Gasteiger partial charge on any atom is -0.326 e. The first-order valence-corrected chi connectivity index (χ1v) is 7.85. The summed E-state index contributed by atoms with van der Waals surface area (Å²) in [5, 5.41) is 0. The summed E-state index contributed by atoms with van der Waals surface area (Å²) in [6.07, 6.45) is 0. The van der Waals surface area contributed by atoms with Crippen molar-refractivity contribution < 1.29 is 12.8 Å². The molecule has 0 aliphatic carbocycles. The van der Waals surface area contributed by atoms with Gasteiger partial charge in [-0.1, -0.05) is 18.2 Å². The molecular formula is C15H17FN2O2S. The van der Waals surface area contributed by atoms with E-state index in [2.05, 4.69) is 0 Å². The van der Waals surface area contributed by atoms with E-state index in [1.54, 1.807) is 30.3 Å². The number of nitrogens with two attached hydrogens (primary N) is 1. The molecule has 0 aliphatic heterocycles. The second-order valence-corrected chi connectivity index (χ2v) is 6.65. The van der Waals surface area contributed by atoms with Crippen molar-refractivity contribution >= 4 is 15.7 Å².